The summed E-state index contributed by atoms with van der Waals surface area (Å²) in [5.74, 6) is -0.00784. The molecule has 30 heavy (non-hydrogen) atoms. The molecule has 3 heterocycles. The number of benzene rings is 1. The van der Waals surface area contributed by atoms with E-state index < -0.39 is 5.92 Å². The second kappa shape index (κ2) is 10.1. The summed E-state index contributed by atoms with van der Waals surface area (Å²) in [6.45, 7) is 2.10. The minimum absolute atomic E-state index is 0.504. The molecule has 0 spiro atoms. The Hall–Kier alpha value is -3.82. The summed E-state index contributed by atoms with van der Waals surface area (Å²) in [4.78, 5) is 17.7. The second-order valence-corrected chi connectivity index (χ2v) is 7.38. The maximum absolute atomic E-state index is 9.70. The molecule has 1 unspecified atom stereocenters. The van der Waals surface area contributed by atoms with E-state index in [0.717, 1.165) is 27.3 Å². The predicted molar refractivity (Wildman–Crippen MR) is 116 cm³/mol. The number of fused-ring (bicyclic) bond motifs is 1. The van der Waals surface area contributed by atoms with Gasteiger partial charge < -0.3 is 9.88 Å². The zero-order valence-electron chi connectivity index (χ0n) is 16.6. The van der Waals surface area contributed by atoms with E-state index in [1.807, 2.05) is 42.1 Å². The lowest BCUT2D eigenvalue weighted by Crippen LogP contribution is -2.10. The van der Waals surface area contributed by atoms with E-state index in [1.165, 1.54) is 18.3 Å². The highest BCUT2D eigenvalue weighted by Gasteiger charge is 2.20. The first-order valence-electron chi connectivity index (χ1n) is 9.24. The van der Waals surface area contributed by atoms with Crippen LogP contribution in [0.4, 0.5) is 5.95 Å². The van der Waals surface area contributed by atoms with Crippen LogP contribution >= 0.6 is 11.3 Å². The van der Waals surface area contributed by atoms with Crippen molar-refractivity contribution in [2.45, 2.75) is 19.3 Å². The number of anilines is 1. The number of imidazole rings is 1. The summed E-state index contributed by atoms with van der Waals surface area (Å²) in [6.07, 6.45) is 6.21. The minimum atomic E-state index is -0.512. The van der Waals surface area contributed by atoms with Crippen LogP contribution in [0.25, 0.3) is 10.2 Å². The van der Waals surface area contributed by atoms with Crippen LogP contribution in [0.3, 0.4) is 0 Å². The number of thiazole rings is 1. The monoisotopic (exact) mass is 416 g/mol. The number of hydrogen-bond acceptors (Lipinski definition) is 8. The van der Waals surface area contributed by atoms with E-state index in [1.54, 1.807) is 24.7 Å². The fraction of sp³-hybridized carbons (Fsp3) is 0.238. The first-order valence-corrected chi connectivity index (χ1v) is 10.1. The Balaban J connectivity index is 0.000000806. The largest absolute Gasteiger partial charge is 0.354 e. The van der Waals surface area contributed by atoms with Crippen LogP contribution in [0.2, 0.25) is 0 Å². The first-order chi connectivity index (χ1) is 14.6. The summed E-state index contributed by atoms with van der Waals surface area (Å²) in [5, 5.41) is 21.0. The molecular formula is C21H20N8S. The molecule has 1 atom stereocenters. The zero-order valence-corrected chi connectivity index (χ0v) is 17.5. The van der Waals surface area contributed by atoms with E-state index in [9.17, 15) is 5.26 Å². The highest BCUT2D eigenvalue weighted by Crippen LogP contribution is 2.30. The molecule has 4 rings (SSSR count). The second-order valence-electron chi connectivity index (χ2n) is 6.32. The van der Waals surface area contributed by atoms with Gasteiger partial charge in [-0.2, -0.15) is 10.5 Å². The van der Waals surface area contributed by atoms with Crippen molar-refractivity contribution < 1.29 is 0 Å². The molecule has 0 bridgehead atoms. The Labute approximate surface area is 178 Å². The number of rotatable bonds is 6. The maximum atomic E-state index is 9.70. The number of aromatic nitrogens is 5. The Morgan fingerprint density at radius 3 is 2.67 bits per heavy atom. The quantitative estimate of drug-likeness (QED) is 0.510. The average Bonchev–Trinajstić information content (AvgIpc) is 3.35. The molecule has 0 fully saturated rings. The van der Waals surface area contributed by atoms with Crippen LogP contribution in [-0.2, 0) is 13.5 Å². The Bertz CT molecular complexity index is 1160. The number of aryl methyl sites for hydroxylation is 1. The van der Waals surface area contributed by atoms with Crippen molar-refractivity contribution in [2.24, 2.45) is 7.05 Å². The van der Waals surface area contributed by atoms with Crippen molar-refractivity contribution >= 4 is 27.5 Å². The van der Waals surface area contributed by atoms with Gasteiger partial charge in [0.25, 0.3) is 0 Å². The van der Waals surface area contributed by atoms with Crippen molar-refractivity contribution in [3.8, 4) is 12.1 Å². The van der Waals surface area contributed by atoms with Gasteiger partial charge in [-0.25, -0.2) is 19.9 Å². The summed E-state index contributed by atoms with van der Waals surface area (Å²) < 4.78 is 2.98. The summed E-state index contributed by atoms with van der Waals surface area (Å²) >= 11 is 1.52. The molecule has 9 heteroatoms. The molecule has 4 aromatic rings. The lowest BCUT2D eigenvalue weighted by molar-refractivity contribution is 0.903. The van der Waals surface area contributed by atoms with Crippen LogP contribution in [0.1, 0.15) is 29.2 Å². The van der Waals surface area contributed by atoms with E-state index in [2.05, 4.69) is 31.3 Å². The van der Waals surface area contributed by atoms with Crippen molar-refractivity contribution in [1.82, 2.24) is 24.5 Å². The highest BCUT2D eigenvalue weighted by molar-refractivity contribution is 7.18. The lowest BCUT2D eigenvalue weighted by atomic mass is 10.1. The van der Waals surface area contributed by atoms with E-state index in [-0.39, 0.29) is 0 Å². The van der Waals surface area contributed by atoms with E-state index in [0.29, 0.717) is 18.2 Å². The normalized spacial score (nSPS) is 11.1. The van der Waals surface area contributed by atoms with Gasteiger partial charge in [-0.05, 0) is 18.2 Å². The van der Waals surface area contributed by atoms with Crippen molar-refractivity contribution in [3.05, 3.63) is 65.4 Å². The third kappa shape index (κ3) is 5.16. The molecule has 1 aromatic carbocycles. The van der Waals surface area contributed by atoms with Crippen LogP contribution in [0, 0.1) is 22.7 Å². The Morgan fingerprint density at radius 1 is 1.17 bits per heavy atom. The van der Waals surface area contributed by atoms with Crippen LogP contribution in [0.5, 0.6) is 0 Å². The molecule has 0 amide bonds. The van der Waals surface area contributed by atoms with Crippen molar-refractivity contribution in [2.75, 3.05) is 11.9 Å². The number of nitriles is 2. The molecule has 0 saturated heterocycles. The van der Waals surface area contributed by atoms with Crippen molar-refractivity contribution in [1.29, 1.82) is 10.5 Å². The zero-order chi connectivity index (χ0) is 21.3. The van der Waals surface area contributed by atoms with Gasteiger partial charge in [0.05, 0.1) is 40.1 Å². The highest BCUT2D eigenvalue weighted by atomic mass is 32.1. The number of para-hydroxylation sites is 1. The SMILES string of the molecule is CC#N.Cn1cnc(CCNc2nccc(C(C#N)c3nc4ccccc4s3)n2)c1. The van der Waals surface area contributed by atoms with Gasteiger partial charge >= 0.3 is 0 Å². The fourth-order valence-electron chi connectivity index (χ4n) is 2.78. The van der Waals surface area contributed by atoms with Gasteiger partial charge in [-0.15, -0.1) is 11.3 Å². The summed E-state index contributed by atoms with van der Waals surface area (Å²) in [5.41, 5.74) is 2.55. The molecule has 8 nitrogen and oxygen atoms in total. The number of hydrogen-bond donors (Lipinski definition) is 1. The van der Waals surface area contributed by atoms with Crippen LogP contribution in [-0.4, -0.2) is 31.0 Å². The number of nitrogens with one attached hydrogen (secondary N) is 1. The lowest BCUT2D eigenvalue weighted by Gasteiger charge is -2.08. The van der Waals surface area contributed by atoms with Gasteiger partial charge in [0.2, 0.25) is 5.95 Å². The third-order valence-electron chi connectivity index (χ3n) is 4.08. The maximum Gasteiger partial charge on any atom is 0.222 e. The number of nitrogens with zero attached hydrogens (tertiary/aromatic N) is 7. The molecule has 0 aliphatic heterocycles. The predicted octanol–water partition coefficient (Wildman–Crippen LogP) is 3.66. The minimum Gasteiger partial charge on any atom is -0.354 e. The van der Waals surface area contributed by atoms with E-state index >= 15 is 0 Å². The van der Waals surface area contributed by atoms with Gasteiger partial charge in [0.15, 0.2) is 0 Å². The molecular weight excluding hydrogens is 396 g/mol. The first kappa shape index (κ1) is 20.9. The van der Waals surface area contributed by atoms with Gasteiger partial charge in [0.1, 0.15) is 10.9 Å². The molecule has 0 saturated carbocycles. The topological polar surface area (TPSA) is 116 Å². The standard InChI is InChI=1S/C19H17N7S.C2H3N/c1-26-11-13(23-12-26)6-8-21-19-22-9-7-15(25-19)14(10-20)18-24-16-4-2-3-5-17(16)27-18;1-2-3/h2-5,7,9,11-12,14H,6,8H2,1H3,(H,21,22,25);1H3. The third-order valence-corrected chi connectivity index (χ3v) is 5.18. The molecule has 0 radical (unpaired) electrons. The molecule has 1 N–H and O–H groups in total. The smallest absolute Gasteiger partial charge is 0.222 e. The molecule has 150 valence electrons. The average molecular weight is 417 g/mol. The molecule has 3 aromatic heterocycles. The van der Waals surface area contributed by atoms with E-state index in [4.69, 9.17) is 5.26 Å². The van der Waals surface area contributed by atoms with Gasteiger partial charge in [-0.1, -0.05) is 12.1 Å². The van der Waals surface area contributed by atoms with Gasteiger partial charge in [-0.3, -0.25) is 0 Å². The molecule has 0 aliphatic carbocycles. The Morgan fingerprint density at radius 2 is 1.97 bits per heavy atom. The fourth-order valence-corrected chi connectivity index (χ4v) is 3.80. The molecule has 0 aliphatic rings. The van der Waals surface area contributed by atoms with Crippen LogP contribution in [0.15, 0.2) is 49.1 Å². The van der Waals surface area contributed by atoms with Crippen LogP contribution < -0.4 is 5.32 Å². The van der Waals surface area contributed by atoms with Crippen molar-refractivity contribution in [3.63, 3.8) is 0 Å². The summed E-state index contributed by atoms with van der Waals surface area (Å²) in [6, 6.07) is 13.7. The van der Waals surface area contributed by atoms with Gasteiger partial charge in [0, 0.05) is 39.3 Å². The Kier molecular flexibility index (Phi) is 7.04. The summed E-state index contributed by atoms with van der Waals surface area (Å²) in [7, 11) is 1.95.